The van der Waals surface area contributed by atoms with E-state index in [2.05, 4.69) is 0 Å². The van der Waals surface area contributed by atoms with Crippen LogP contribution in [0.2, 0.25) is 0 Å². The van der Waals surface area contributed by atoms with Gasteiger partial charge in [-0.1, -0.05) is 0 Å². The Morgan fingerprint density at radius 2 is 1.84 bits per heavy atom. The number of fused-ring (bicyclic) bond motifs is 1. The van der Waals surface area contributed by atoms with Crippen molar-refractivity contribution in [2.75, 3.05) is 25.7 Å². The van der Waals surface area contributed by atoms with Gasteiger partial charge in [-0.2, -0.15) is 0 Å². The number of methoxy groups -OCH3 is 2. The molecule has 1 aliphatic heterocycles. The van der Waals surface area contributed by atoms with Gasteiger partial charge in [0.2, 0.25) is 0 Å². The molecule has 0 N–H and O–H groups in total. The number of anilines is 1. The summed E-state index contributed by atoms with van der Waals surface area (Å²) in [7, 11) is 2.70. The summed E-state index contributed by atoms with van der Waals surface area (Å²) in [6, 6.07) is 1.50. The van der Waals surface area contributed by atoms with E-state index in [0.29, 0.717) is 6.07 Å². The highest BCUT2D eigenvalue weighted by Gasteiger charge is 2.39. The third-order valence-electron chi connectivity index (χ3n) is 2.85. The van der Waals surface area contributed by atoms with Gasteiger partial charge < -0.3 is 9.47 Å². The number of nitrogens with zero attached hydrogens (tertiary/aromatic N) is 1. The molecule has 1 aromatic rings. The molecule has 1 heterocycles. The molecule has 0 radical (unpaired) electrons. The van der Waals surface area contributed by atoms with Crippen LogP contribution in [-0.4, -0.2) is 38.7 Å². The van der Waals surface area contributed by atoms with Crippen LogP contribution in [0, 0.1) is 11.6 Å². The molecule has 7 heteroatoms. The van der Waals surface area contributed by atoms with Crippen molar-refractivity contribution in [2.24, 2.45) is 0 Å². The first-order valence-corrected chi connectivity index (χ1v) is 5.40. The predicted octanol–water partition coefficient (Wildman–Crippen LogP) is 1.11. The second kappa shape index (κ2) is 5.02. The second-order valence-electron chi connectivity index (χ2n) is 3.93. The molecule has 2 rings (SSSR count). The quantitative estimate of drug-likeness (QED) is 0.608. The first-order chi connectivity index (χ1) is 8.99. The van der Waals surface area contributed by atoms with Gasteiger partial charge in [0.15, 0.2) is 6.29 Å². The smallest absolute Gasteiger partial charge is 0.299 e. The van der Waals surface area contributed by atoms with E-state index >= 15 is 0 Å². The summed E-state index contributed by atoms with van der Waals surface area (Å²) < 4.78 is 36.6. The van der Waals surface area contributed by atoms with Crippen LogP contribution in [-0.2, 0) is 14.3 Å². The molecule has 0 aromatic heterocycles. The van der Waals surface area contributed by atoms with Gasteiger partial charge in [0.05, 0.1) is 17.8 Å². The van der Waals surface area contributed by atoms with Gasteiger partial charge in [-0.3, -0.25) is 14.5 Å². The molecule has 1 aromatic carbocycles. The molecule has 1 aliphatic rings. The maximum absolute atomic E-state index is 13.5. The number of ketones is 1. The zero-order valence-electron chi connectivity index (χ0n) is 10.3. The van der Waals surface area contributed by atoms with Crippen LogP contribution in [0.3, 0.4) is 0 Å². The van der Waals surface area contributed by atoms with Crippen molar-refractivity contribution < 1.29 is 27.8 Å². The summed E-state index contributed by atoms with van der Waals surface area (Å²) in [5.74, 6) is -3.85. The summed E-state index contributed by atoms with van der Waals surface area (Å²) in [5.41, 5.74) is -0.524. The van der Waals surface area contributed by atoms with Gasteiger partial charge in [-0.15, -0.1) is 0 Å². The van der Waals surface area contributed by atoms with E-state index in [0.717, 1.165) is 11.0 Å². The molecule has 19 heavy (non-hydrogen) atoms. The molecule has 0 unspecified atom stereocenters. The lowest BCUT2D eigenvalue weighted by molar-refractivity contribution is -0.119. The first kappa shape index (κ1) is 13.6. The monoisotopic (exact) mass is 271 g/mol. The Hall–Kier alpha value is -1.86. The van der Waals surface area contributed by atoms with Gasteiger partial charge in [-0.25, -0.2) is 8.78 Å². The zero-order valence-corrected chi connectivity index (χ0v) is 10.3. The molecule has 0 saturated heterocycles. The van der Waals surface area contributed by atoms with Crippen molar-refractivity contribution in [2.45, 2.75) is 6.29 Å². The van der Waals surface area contributed by atoms with E-state index in [1.54, 1.807) is 0 Å². The highest BCUT2D eigenvalue weighted by Crippen LogP contribution is 2.32. The number of ether oxygens (including phenoxy) is 2. The second-order valence-corrected chi connectivity index (χ2v) is 3.93. The molecular formula is C12H11F2NO4. The van der Waals surface area contributed by atoms with Crippen molar-refractivity contribution in [3.8, 4) is 0 Å². The highest BCUT2D eigenvalue weighted by atomic mass is 19.1. The van der Waals surface area contributed by atoms with Crippen molar-refractivity contribution in [3.63, 3.8) is 0 Å². The number of rotatable bonds is 4. The first-order valence-electron chi connectivity index (χ1n) is 5.40. The van der Waals surface area contributed by atoms with E-state index in [9.17, 15) is 18.4 Å². The number of hydrogen-bond donors (Lipinski definition) is 0. The van der Waals surface area contributed by atoms with E-state index < -0.39 is 35.2 Å². The van der Waals surface area contributed by atoms with Gasteiger partial charge in [0.1, 0.15) is 11.6 Å². The lowest BCUT2D eigenvalue weighted by Gasteiger charge is -2.21. The minimum absolute atomic E-state index is 0.105. The predicted molar refractivity (Wildman–Crippen MR) is 60.8 cm³/mol. The lowest BCUT2D eigenvalue weighted by atomic mass is 10.1. The molecule has 102 valence electrons. The molecule has 0 spiro atoms. The Balaban J connectivity index is 2.44. The van der Waals surface area contributed by atoms with Crippen LogP contribution in [0.4, 0.5) is 14.5 Å². The van der Waals surface area contributed by atoms with E-state index in [4.69, 9.17) is 9.47 Å². The molecule has 1 amide bonds. The minimum atomic E-state index is -1.05. The van der Waals surface area contributed by atoms with E-state index in [1.807, 2.05) is 0 Å². The summed E-state index contributed by atoms with van der Waals surface area (Å²) in [6.45, 7) is -0.131. The Bertz CT molecular complexity index is 543. The zero-order chi connectivity index (χ0) is 14.2. The number of amides is 1. The number of carbonyl (C=O) groups excluding carboxylic acids is 2. The molecule has 0 aliphatic carbocycles. The van der Waals surface area contributed by atoms with Crippen molar-refractivity contribution in [3.05, 3.63) is 29.3 Å². The number of carbonyl (C=O) groups is 2. The number of halogens is 2. The average Bonchev–Trinajstić information content (AvgIpc) is 2.60. The summed E-state index contributed by atoms with van der Waals surface area (Å²) in [4.78, 5) is 24.4. The van der Waals surface area contributed by atoms with Crippen molar-refractivity contribution >= 4 is 17.4 Å². The van der Waals surface area contributed by atoms with Crippen LogP contribution < -0.4 is 4.90 Å². The third kappa shape index (κ3) is 2.22. The van der Waals surface area contributed by atoms with Crippen LogP contribution in [0.5, 0.6) is 0 Å². The topological polar surface area (TPSA) is 55.8 Å². The van der Waals surface area contributed by atoms with Crippen LogP contribution >= 0.6 is 0 Å². The van der Waals surface area contributed by atoms with E-state index in [-0.39, 0.29) is 12.2 Å². The fraction of sp³-hybridized carbons (Fsp3) is 0.333. The minimum Gasteiger partial charge on any atom is -0.354 e. The Labute approximate surface area is 107 Å². The summed E-state index contributed by atoms with van der Waals surface area (Å²) in [5, 5.41) is 0. The molecule has 5 nitrogen and oxygen atoms in total. The molecule has 0 saturated carbocycles. The SMILES string of the molecule is COC(CN1C(=O)C(=O)c2c(F)cc(F)cc21)OC. The van der Waals surface area contributed by atoms with Crippen LogP contribution in [0.15, 0.2) is 12.1 Å². The van der Waals surface area contributed by atoms with Gasteiger partial charge in [0.25, 0.3) is 11.7 Å². The van der Waals surface area contributed by atoms with Crippen molar-refractivity contribution in [1.29, 1.82) is 0 Å². The largest absolute Gasteiger partial charge is 0.354 e. The van der Waals surface area contributed by atoms with Gasteiger partial charge in [-0.05, 0) is 6.07 Å². The maximum atomic E-state index is 13.5. The van der Waals surface area contributed by atoms with Gasteiger partial charge >= 0.3 is 0 Å². The molecule has 0 fully saturated rings. The molecular weight excluding hydrogens is 260 g/mol. The van der Waals surface area contributed by atoms with Crippen LogP contribution in [0.1, 0.15) is 10.4 Å². The lowest BCUT2D eigenvalue weighted by Crippen LogP contribution is -2.38. The highest BCUT2D eigenvalue weighted by molar-refractivity contribution is 6.52. The maximum Gasteiger partial charge on any atom is 0.299 e. The van der Waals surface area contributed by atoms with Crippen molar-refractivity contribution in [1.82, 2.24) is 0 Å². The Kier molecular flexibility index (Phi) is 3.59. The number of hydrogen-bond acceptors (Lipinski definition) is 4. The van der Waals surface area contributed by atoms with Crippen LogP contribution in [0.25, 0.3) is 0 Å². The molecule has 0 atom stereocenters. The number of Topliss-reactive ketones (excluding diaryl/α,β-unsaturated/α-hetero) is 1. The Morgan fingerprint density at radius 1 is 1.21 bits per heavy atom. The standard InChI is InChI=1S/C12H11F2NO4/c1-18-9(19-2)5-15-8-4-6(13)3-7(14)10(8)11(16)12(15)17/h3-4,9H,5H2,1-2H3. The fourth-order valence-electron chi connectivity index (χ4n) is 1.91. The third-order valence-corrected chi connectivity index (χ3v) is 2.85. The molecule has 0 bridgehead atoms. The summed E-state index contributed by atoms with van der Waals surface area (Å²) >= 11 is 0. The number of benzene rings is 1. The normalized spacial score (nSPS) is 14.5. The summed E-state index contributed by atoms with van der Waals surface area (Å²) in [6.07, 6.45) is -0.797. The van der Waals surface area contributed by atoms with E-state index in [1.165, 1.54) is 14.2 Å². The fourth-order valence-corrected chi connectivity index (χ4v) is 1.91. The van der Waals surface area contributed by atoms with Gasteiger partial charge in [0, 0.05) is 20.3 Å². The average molecular weight is 271 g/mol. The Morgan fingerprint density at radius 3 is 2.42 bits per heavy atom.